The molecule has 1 atom stereocenters. The fourth-order valence-corrected chi connectivity index (χ4v) is 2.71. The van der Waals surface area contributed by atoms with Crippen molar-refractivity contribution in [1.29, 1.82) is 0 Å². The van der Waals surface area contributed by atoms with Crippen molar-refractivity contribution in [3.05, 3.63) is 54.4 Å². The van der Waals surface area contributed by atoms with Crippen LogP contribution in [0.5, 0.6) is 5.75 Å². The van der Waals surface area contributed by atoms with Gasteiger partial charge < -0.3 is 20.5 Å². The number of nitrogens with zero attached hydrogens (tertiary/aromatic N) is 4. The number of aromatic nitrogens is 4. The van der Waals surface area contributed by atoms with Gasteiger partial charge in [-0.25, -0.2) is 14.5 Å². The molecule has 0 fully saturated rings. The molecule has 9 nitrogen and oxygen atoms in total. The van der Waals surface area contributed by atoms with E-state index in [4.69, 9.17) is 15.2 Å². The Kier molecular flexibility index (Phi) is 6.62. The zero-order valence-electron chi connectivity index (χ0n) is 16.4. The number of hydrogen-bond acceptors (Lipinski definition) is 7. The topological polar surface area (TPSA) is 117 Å². The van der Waals surface area contributed by atoms with Crippen LogP contribution < -0.4 is 15.8 Å². The van der Waals surface area contributed by atoms with Gasteiger partial charge in [-0.15, -0.1) is 5.10 Å². The van der Waals surface area contributed by atoms with E-state index in [9.17, 15) is 4.79 Å². The number of anilines is 1. The van der Waals surface area contributed by atoms with Gasteiger partial charge in [-0.2, -0.15) is 0 Å². The molecule has 3 aromatic rings. The maximum absolute atomic E-state index is 10.6. The maximum Gasteiger partial charge on any atom is 0.404 e. The first-order valence-electron chi connectivity index (χ1n) is 9.19. The highest BCUT2D eigenvalue weighted by molar-refractivity contribution is 5.64. The molecular formula is C20H24N6O3. The molecule has 1 unspecified atom stereocenters. The van der Waals surface area contributed by atoms with Crippen molar-refractivity contribution in [3.63, 3.8) is 0 Å². The number of carbonyl (C=O) groups excluding carboxylic acids is 1. The molecule has 0 radical (unpaired) electrons. The van der Waals surface area contributed by atoms with Crippen LogP contribution in [-0.4, -0.2) is 46.3 Å². The van der Waals surface area contributed by atoms with Crippen molar-refractivity contribution in [2.24, 2.45) is 11.7 Å². The van der Waals surface area contributed by atoms with Crippen molar-refractivity contribution in [3.8, 4) is 17.0 Å². The normalized spacial score (nSPS) is 11.7. The summed E-state index contributed by atoms with van der Waals surface area (Å²) in [5, 5.41) is 11.4. The molecule has 0 aliphatic rings. The van der Waals surface area contributed by atoms with Gasteiger partial charge in [-0.05, 0) is 29.8 Å². The van der Waals surface area contributed by atoms with Gasteiger partial charge in [0.15, 0.2) is 0 Å². The van der Waals surface area contributed by atoms with Crippen LogP contribution in [0.3, 0.4) is 0 Å². The molecule has 0 bridgehead atoms. The Bertz CT molecular complexity index is 924. The number of primary amides is 1. The molecule has 9 heteroatoms. The summed E-state index contributed by atoms with van der Waals surface area (Å²) < 4.78 is 11.8. The van der Waals surface area contributed by atoms with Crippen molar-refractivity contribution >= 4 is 11.9 Å². The number of nitrogens with two attached hydrogens (primary N) is 1. The Morgan fingerprint density at radius 3 is 2.66 bits per heavy atom. The number of pyridine rings is 1. The Labute approximate surface area is 168 Å². The third-order valence-electron chi connectivity index (χ3n) is 4.31. The summed E-state index contributed by atoms with van der Waals surface area (Å²) in [5.74, 6) is 1.66. The predicted octanol–water partition coefficient (Wildman–Crippen LogP) is 2.54. The zero-order chi connectivity index (χ0) is 20.6. The van der Waals surface area contributed by atoms with Crippen molar-refractivity contribution in [2.75, 3.05) is 25.6 Å². The average Bonchev–Trinajstić information content (AvgIpc) is 3.19. The second-order valence-electron chi connectivity index (χ2n) is 6.67. The number of nitrogens with one attached hydrogen (secondary N) is 1. The molecule has 1 aromatic carbocycles. The van der Waals surface area contributed by atoms with Crippen molar-refractivity contribution in [1.82, 2.24) is 20.0 Å². The van der Waals surface area contributed by atoms with Crippen molar-refractivity contribution in [2.45, 2.75) is 13.5 Å². The van der Waals surface area contributed by atoms with Gasteiger partial charge in [-0.1, -0.05) is 24.3 Å². The molecule has 0 spiro atoms. The summed E-state index contributed by atoms with van der Waals surface area (Å²) in [6.45, 7) is 3.41. The monoisotopic (exact) mass is 396 g/mol. The van der Waals surface area contributed by atoms with Crippen LogP contribution in [0, 0.1) is 5.92 Å². The van der Waals surface area contributed by atoms with Gasteiger partial charge in [0.2, 0.25) is 0 Å². The number of rotatable bonds is 9. The van der Waals surface area contributed by atoms with Crippen LogP contribution >= 0.6 is 0 Å². The molecule has 3 rings (SSSR count). The third-order valence-corrected chi connectivity index (χ3v) is 4.31. The van der Waals surface area contributed by atoms with E-state index in [0.717, 1.165) is 28.4 Å². The minimum absolute atomic E-state index is 0.110. The quantitative estimate of drug-likeness (QED) is 0.571. The van der Waals surface area contributed by atoms with Crippen LogP contribution in [0.2, 0.25) is 0 Å². The lowest BCUT2D eigenvalue weighted by molar-refractivity contribution is 0.142. The second-order valence-corrected chi connectivity index (χ2v) is 6.67. The highest BCUT2D eigenvalue weighted by Gasteiger charge is 2.09. The van der Waals surface area contributed by atoms with E-state index in [1.807, 2.05) is 48.0 Å². The highest BCUT2D eigenvalue weighted by atomic mass is 16.5. The summed E-state index contributed by atoms with van der Waals surface area (Å²) in [4.78, 5) is 15.1. The first kappa shape index (κ1) is 20.1. The minimum atomic E-state index is -0.765. The number of methoxy groups -OCH3 is 1. The summed E-state index contributed by atoms with van der Waals surface area (Å²) in [6, 6.07) is 11.7. The Hall–Kier alpha value is -3.62. The van der Waals surface area contributed by atoms with Crippen molar-refractivity contribution < 1.29 is 14.3 Å². The average molecular weight is 396 g/mol. The van der Waals surface area contributed by atoms with E-state index >= 15 is 0 Å². The van der Waals surface area contributed by atoms with Gasteiger partial charge in [0.25, 0.3) is 0 Å². The second kappa shape index (κ2) is 9.54. The third kappa shape index (κ3) is 5.68. The molecule has 0 aliphatic heterocycles. The predicted molar refractivity (Wildman–Crippen MR) is 109 cm³/mol. The fourth-order valence-electron chi connectivity index (χ4n) is 2.71. The van der Waals surface area contributed by atoms with Gasteiger partial charge in [0.1, 0.15) is 11.6 Å². The molecule has 0 aliphatic carbocycles. The summed E-state index contributed by atoms with van der Waals surface area (Å²) in [5.41, 5.74) is 7.86. The van der Waals surface area contributed by atoms with Crippen LogP contribution in [0.25, 0.3) is 11.3 Å². The molecular weight excluding hydrogens is 372 g/mol. The number of hydrogen-bond donors (Lipinski definition) is 2. The lowest BCUT2D eigenvalue weighted by Gasteiger charge is -2.13. The molecule has 29 heavy (non-hydrogen) atoms. The van der Waals surface area contributed by atoms with E-state index < -0.39 is 6.09 Å². The van der Waals surface area contributed by atoms with E-state index in [2.05, 4.69) is 20.6 Å². The first-order valence-corrected chi connectivity index (χ1v) is 9.19. The molecule has 3 N–H and O–H groups in total. The maximum atomic E-state index is 10.6. The number of amides is 1. The van der Waals surface area contributed by atoms with Crippen LogP contribution in [-0.2, 0) is 11.3 Å². The summed E-state index contributed by atoms with van der Waals surface area (Å²) >= 11 is 0. The van der Waals surface area contributed by atoms with Crippen LogP contribution in [0.1, 0.15) is 12.5 Å². The molecule has 1 amide bonds. The van der Waals surface area contributed by atoms with E-state index in [0.29, 0.717) is 13.1 Å². The fraction of sp³-hybridized carbons (Fsp3) is 0.300. The molecule has 0 saturated heterocycles. The Morgan fingerprint density at radius 2 is 2.00 bits per heavy atom. The molecule has 2 heterocycles. The first-order chi connectivity index (χ1) is 14.0. The van der Waals surface area contributed by atoms with E-state index in [1.54, 1.807) is 19.5 Å². The van der Waals surface area contributed by atoms with Gasteiger partial charge in [0, 0.05) is 24.2 Å². The largest absolute Gasteiger partial charge is 0.497 e. The number of ether oxygens (including phenoxy) is 2. The van der Waals surface area contributed by atoms with E-state index in [-0.39, 0.29) is 12.5 Å². The summed E-state index contributed by atoms with van der Waals surface area (Å²) in [6.07, 6.45) is 2.73. The smallest absolute Gasteiger partial charge is 0.404 e. The number of benzene rings is 1. The SMILES string of the molecule is COc1ccc(Cn2nncc2-c2ccc(NCC(C)COC(N)=O)nc2)cc1. The van der Waals surface area contributed by atoms with E-state index in [1.165, 1.54) is 0 Å². The lowest BCUT2D eigenvalue weighted by Crippen LogP contribution is -2.22. The standard InChI is InChI=1S/C20H24N6O3/c1-14(13-29-20(21)27)9-22-19-8-5-16(10-23-19)18-11-24-25-26(18)12-15-3-6-17(28-2)7-4-15/h3-8,10-11,14H,9,12-13H2,1-2H3,(H2,21,27)(H,22,23). The zero-order valence-corrected chi connectivity index (χ0v) is 16.4. The lowest BCUT2D eigenvalue weighted by atomic mass is 10.2. The van der Waals surface area contributed by atoms with Crippen LogP contribution in [0.15, 0.2) is 48.8 Å². The molecule has 2 aromatic heterocycles. The Balaban J connectivity index is 1.61. The number of carbonyl (C=O) groups is 1. The van der Waals surface area contributed by atoms with Crippen LogP contribution in [0.4, 0.5) is 10.6 Å². The minimum Gasteiger partial charge on any atom is -0.497 e. The molecule has 152 valence electrons. The Morgan fingerprint density at radius 1 is 1.21 bits per heavy atom. The van der Waals surface area contributed by atoms with Gasteiger partial charge in [0.05, 0.1) is 32.2 Å². The van der Waals surface area contributed by atoms with Gasteiger partial charge >= 0.3 is 6.09 Å². The summed E-state index contributed by atoms with van der Waals surface area (Å²) in [7, 11) is 1.64. The highest BCUT2D eigenvalue weighted by Crippen LogP contribution is 2.20. The molecule has 0 saturated carbocycles. The van der Waals surface area contributed by atoms with Gasteiger partial charge in [-0.3, -0.25) is 0 Å².